The third-order valence-electron chi connectivity index (χ3n) is 4.76. The molecule has 204 valence electrons. The molecular weight excluding hydrogens is 504 g/mol. The first-order valence-corrected chi connectivity index (χ1v) is 12.6. The average Bonchev–Trinajstić information content (AvgIpc) is 3.18. The fraction of sp³-hybridized carbons (Fsp3) is 0.714. The summed E-state index contributed by atoms with van der Waals surface area (Å²) in [5, 5.41) is 0. The van der Waals surface area contributed by atoms with Crippen LogP contribution in [0, 0.1) is 16.8 Å². The van der Waals surface area contributed by atoms with Gasteiger partial charge in [0, 0.05) is 6.07 Å². The van der Waals surface area contributed by atoms with E-state index in [0.29, 0.717) is 6.42 Å². The van der Waals surface area contributed by atoms with Gasteiger partial charge in [-0.15, -0.1) is 9.05 Å². The molecule has 1 aromatic heterocycles. The molecule has 3 N–H and O–H groups in total. The lowest BCUT2D eigenvalue weighted by atomic mass is 9.98. The van der Waals surface area contributed by atoms with Gasteiger partial charge in [0.2, 0.25) is 19.5 Å². The Balaban J connectivity index is 2.00. The Labute approximate surface area is 208 Å². The molecule has 0 aromatic carbocycles. The Morgan fingerprint density at radius 1 is 1.11 bits per heavy atom. The Morgan fingerprint density at radius 2 is 1.64 bits per heavy atom. The van der Waals surface area contributed by atoms with Crippen molar-refractivity contribution in [2.45, 2.75) is 66.7 Å². The van der Waals surface area contributed by atoms with E-state index < -0.39 is 68.5 Å². The number of hydrogen-bond acceptors (Lipinski definition) is 12. The van der Waals surface area contributed by atoms with Gasteiger partial charge in [-0.3, -0.25) is 9.59 Å². The standard InChI is InChI=1S/C21H33FN3O10P/c1-20(2,3)17(26)30-11-33-36(29,34-12-31-18(27)21(4,5)6)32-10-13-7-8-16(35-13)25-14(22)9-15(23)24-19(25)28/h9,13,16,29H,7-8,10-12H2,1-6H3,(H-,23,24,28)/p+1. The van der Waals surface area contributed by atoms with Crippen molar-refractivity contribution in [3.8, 4) is 0 Å². The molecule has 0 aliphatic carbocycles. The van der Waals surface area contributed by atoms with Crippen LogP contribution in [0.4, 0.5) is 10.2 Å². The molecule has 15 heteroatoms. The second-order valence-corrected chi connectivity index (χ2v) is 11.8. The van der Waals surface area contributed by atoms with E-state index in [4.69, 9.17) is 33.5 Å². The maximum atomic E-state index is 14.2. The second-order valence-electron chi connectivity index (χ2n) is 10.1. The molecule has 2 atom stereocenters. The number of carbonyl (C=O) groups excluding carboxylic acids is 2. The van der Waals surface area contributed by atoms with Gasteiger partial charge in [0.05, 0.1) is 16.9 Å². The number of carbonyl (C=O) groups is 2. The summed E-state index contributed by atoms with van der Waals surface area (Å²) in [7, 11) is -4.16. The number of aromatic nitrogens is 2. The quantitative estimate of drug-likeness (QED) is 0.193. The van der Waals surface area contributed by atoms with Crippen LogP contribution in [0.15, 0.2) is 10.9 Å². The number of anilines is 1. The summed E-state index contributed by atoms with van der Waals surface area (Å²) in [4.78, 5) is 50.2. The van der Waals surface area contributed by atoms with E-state index in [1.54, 1.807) is 41.5 Å². The van der Waals surface area contributed by atoms with Crippen LogP contribution in [0.1, 0.15) is 60.6 Å². The predicted octanol–water partition coefficient (Wildman–Crippen LogP) is 2.46. The first-order chi connectivity index (χ1) is 16.5. The third kappa shape index (κ3) is 8.71. The van der Waals surface area contributed by atoms with Gasteiger partial charge in [0.15, 0.2) is 0 Å². The first-order valence-electron chi connectivity index (χ1n) is 11.1. The highest BCUT2D eigenvalue weighted by Crippen LogP contribution is 2.58. The number of nitrogens with zero attached hydrogens (tertiary/aromatic N) is 2. The third-order valence-corrected chi connectivity index (χ3v) is 6.10. The van der Waals surface area contributed by atoms with Crippen molar-refractivity contribution in [2.75, 3.05) is 25.9 Å². The molecule has 1 aliphatic heterocycles. The molecule has 13 nitrogen and oxygen atoms in total. The smallest absolute Gasteiger partial charge is 0.433 e. The van der Waals surface area contributed by atoms with Gasteiger partial charge in [-0.05, 0) is 54.4 Å². The molecule has 1 saturated heterocycles. The van der Waals surface area contributed by atoms with E-state index in [9.17, 15) is 23.7 Å². The minimum Gasteiger partial charge on any atom is -0.433 e. The highest BCUT2D eigenvalue weighted by atomic mass is 31.2. The Bertz CT molecular complexity index is 960. The number of ether oxygens (including phenoxy) is 3. The normalized spacial score (nSPS) is 18.8. The zero-order chi connectivity index (χ0) is 27.3. The van der Waals surface area contributed by atoms with Crippen LogP contribution in [0.25, 0.3) is 0 Å². The van der Waals surface area contributed by atoms with Gasteiger partial charge in [0.1, 0.15) is 18.7 Å². The largest absolute Gasteiger partial charge is 0.579 e. The Hall–Kier alpha value is -2.22. The molecule has 1 fully saturated rings. The maximum Gasteiger partial charge on any atom is 0.579 e. The van der Waals surface area contributed by atoms with E-state index in [2.05, 4.69) is 4.98 Å². The molecule has 0 bridgehead atoms. The minimum absolute atomic E-state index is 0.251. The van der Waals surface area contributed by atoms with E-state index in [1.165, 1.54) is 0 Å². The van der Waals surface area contributed by atoms with E-state index in [0.717, 1.165) is 10.6 Å². The second kappa shape index (κ2) is 11.9. The highest BCUT2D eigenvalue weighted by molar-refractivity contribution is 7.55. The van der Waals surface area contributed by atoms with Crippen LogP contribution < -0.4 is 11.4 Å². The number of rotatable bonds is 10. The topological polar surface area (TPSA) is 171 Å². The van der Waals surface area contributed by atoms with Gasteiger partial charge in [-0.1, -0.05) is 0 Å². The lowest BCUT2D eigenvalue weighted by Crippen LogP contribution is -2.31. The summed E-state index contributed by atoms with van der Waals surface area (Å²) in [6.07, 6.45) is -1.07. The molecular formula is C21H34FN3O10P+. The lowest BCUT2D eigenvalue weighted by molar-refractivity contribution is -0.165. The SMILES string of the molecule is CC(C)(C)C(=O)OCO[P+](O)(OCOC(=O)C(C)(C)C)OCC1CCC(n2c(F)cc(N)nc2=O)O1. The first kappa shape index (κ1) is 30.0. The summed E-state index contributed by atoms with van der Waals surface area (Å²) in [5.74, 6) is -2.36. The molecule has 2 heterocycles. The molecule has 0 radical (unpaired) electrons. The van der Waals surface area contributed by atoms with Crippen LogP contribution in [-0.4, -0.2) is 52.7 Å². The fourth-order valence-electron chi connectivity index (χ4n) is 2.75. The number of halogens is 1. The van der Waals surface area contributed by atoms with E-state index >= 15 is 0 Å². The average molecular weight is 538 g/mol. The molecule has 1 aromatic rings. The summed E-state index contributed by atoms with van der Waals surface area (Å²) in [6.45, 7) is 8.12. The fourth-order valence-corrected chi connectivity index (χ4v) is 3.70. The van der Waals surface area contributed by atoms with Crippen LogP contribution in [0.2, 0.25) is 0 Å². The van der Waals surface area contributed by atoms with Gasteiger partial charge in [-0.25, -0.2) is 9.36 Å². The zero-order valence-corrected chi connectivity index (χ0v) is 22.1. The van der Waals surface area contributed by atoms with Crippen molar-refractivity contribution in [3.05, 3.63) is 22.5 Å². The van der Waals surface area contributed by atoms with E-state index in [-0.39, 0.29) is 18.8 Å². The van der Waals surface area contributed by atoms with Crippen LogP contribution >= 0.6 is 8.17 Å². The highest BCUT2D eigenvalue weighted by Gasteiger charge is 2.48. The van der Waals surface area contributed by atoms with Gasteiger partial charge in [0.25, 0.3) is 0 Å². The molecule has 0 amide bonds. The van der Waals surface area contributed by atoms with Crippen molar-refractivity contribution in [1.29, 1.82) is 0 Å². The van der Waals surface area contributed by atoms with Gasteiger partial charge < -0.3 is 19.9 Å². The maximum absolute atomic E-state index is 14.2. The van der Waals surface area contributed by atoms with Crippen LogP contribution in [-0.2, 0) is 37.4 Å². The Kier molecular flexibility index (Phi) is 9.91. The van der Waals surface area contributed by atoms with Crippen LogP contribution in [0.5, 0.6) is 0 Å². The molecule has 0 spiro atoms. The van der Waals surface area contributed by atoms with Crippen molar-refractivity contribution in [1.82, 2.24) is 9.55 Å². The number of esters is 2. The van der Waals surface area contributed by atoms with Gasteiger partial charge in [-0.2, -0.15) is 18.8 Å². The van der Waals surface area contributed by atoms with Crippen molar-refractivity contribution >= 4 is 25.9 Å². The van der Waals surface area contributed by atoms with Gasteiger partial charge >= 0.3 is 25.8 Å². The van der Waals surface area contributed by atoms with Crippen molar-refractivity contribution < 1.29 is 46.7 Å². The lowest BCUT2D eigenvalue weighted by Gasteiger charge is -2.20. The summed E-state index contributed by atoms with van der Waals surface area (Å²) in [6, 6.07) is 0.901. The molecule has 2 unspecified atom stereocenters. The number of nitrogen functional groups attached to an aromatic ring is 1. The van der Waals surface area contributed by atoms with Crippen molar-refractivity contribution in [3.63, 3.8) is 0 Å². The molecule has 0 saturated carbocycles. The molecule has 36 heavy (non-hydrogen) atoms. The minimum atomic E-state index is -4.16. The summed E-state index contributed by atoms with van der Waals surface area (Å²) < 4.78 is 46.3. The Morgan fingerprint density at radius 3 is 2.11 bits per heavy atom. The zero-order valence-electron chi connectivity index (χ0n) is 21.2. The predicted molar refractivity (Wildman–Crippen MR) is 124 cm³/mol. The van der Waals surface area contributed by atoms with Crippen LogP contribution in [0.3, 0.4) is 0 Å². The van der Waals surface area contributed by atoms with Crippen molar-refractivity contribution in [2.24, 2.45) is 10.8 Å². The molecule has 2 rings (SSSR count). The van der Waals surface area contributed by atoms with E-state index in [1.807, 2.05) is 0 Å². The monoisotopic (exact) mass is 538 g/mol. The molecule has 1 aliphatic rings. The summed E-state index contributed by atoms with van der Waals surface area (Å²) >= 11 is 0. The summed E-state index contributed by atoms with van der Waals surface area (Å²) in [5.41, 5.74) is 2.83. The number of nitrogens with two attached hydrogens (primary N) is 1. The number of hydrogen-bond donors (Lipinski definition) is 2.